The fourth-order valence-electron chi connectivity index (χ4n) is 2.55. The molecule has 8 nitrogen and oxygen atoms in total. The van der Waals surface area contributed by atoms with Crippen molar-refractivity contribution in [1.29, 1.82) is 0 Å². The molecule has 0 spiro atoms. The van der Waals surface area contributed by atoms with Crippen LogP contribution in [0.4, 0.5) is 4.79 Å². The second-order valence-electron chi connectivity index (χ2n) is 6.43. The first kappa shape index (κ1) is 19.4. The largest absolute Gasteiger partial charge is 0.497 e. The number of hydrogen-bond donors (Lipinski definition) is 1. The third-order valence-corrected chi connectivity index (χ3v) is 3.88. The van der Waals surface area contributed by atoms with Crippen molar-refractivity contribution in [2.45, 2.75) is 20.3 Å². The maximum absolute atomic E-state index is 12.2. The molecule has 1 aromatic carbocycles. The van der Waals surface area contributed by atoms with Crippen LogP contribution < -0.4 is 10.1 Å². The van der Waals surface area contributed by atoms with E-state index in [9.17, 15) is 19.2 Å². The van der Waals surface area contributed by atoms with Crippen LogP contribution in [0.15, 0.2) is 24.3 Å². The van der Waals surface area contributed by atoms with Crippen molar-refractivity contribution in [3.63, 3.8) is 0 Å². The third-order valence-electron chi connectivity index (χ3n) is 3.88. The summed E-state index contributed by atoms with van der Waals surface area (Å²) in [5.41, 5.74) is 1.01. The van der Waals surface area contributed by atoms with E-state index in [2.05, 4.69) is 5.32 Å². The molecule has 2 rings (SSSR count). The van der Waals surface area contributed by atoms with Crippen LogP contribution >= 0.6 is 0 Å². The van der Waals surface area contributed by atoms with Crippen LogP contribution in [0, 0.1) is 5.92 Å². The highest BCUT2D eigenvalue weighted by Crippen LogP contribution is 2.14. The van der Waals surface area contributed by atoms with E-state index in [0.29, 0.717) is 17.9 Å². The smallest absolute Gasteiger partial charge is 0.334 e. The molecule has 1 fully saturated rings. The summed E-state index contributed by atoms with van der Waals surface area (Å²) in [5, 5.41) is 2.65. The number of nitrogens with zero attached hydrogens (tertiary/aromatic N) is 2. The molecule has 5 amide bonds. The standard InChI is InChI=1S/C18H23N3O5/c1-12(2)10-20-16(23)17(24)21(18(20)25)11-15(22)19-9-8-13-4-6-14(26-3)7-5-13/h4-7,12H,8-11H2,1-3H3,(H,19,22). The molecular formula is C18H23N3O5. The van der Waals surface area contributed by atoms with Gasteiger partial charge in [0.1, 0.15) is 12.3 Å². The first-order valence-electron chi connectivity index (χ1n) is 8.40. The topological polar surface area (TPSA) is 96.0 Å². The number of hydrogen-bond acceptors (Lipinski definition) is 5. The van der Waals surface area contributed by atoms with Gasteiger partial charge < -0.3 is 10.1 Å². The van der Waals surface area contributed by atoms with Gasteiger partial charge in [-0.2, -0.15) is 0 Å². The fourth-order valence-corrected chi connectivity index (χ4v) is 2.55. The molecule has 1 heterocycles. The minimum atomic E-state index is -0.957. The highest BCUT2D eigenvalue weighted by Gasteiger charge is 2.45. The summed E-state index contributed by atoms with van der Waals surface area (Å²) in [4.78, 5) is 49.5. The number of carbonyl (C=O) groups excluding carboxylic acids is 4. The number of ether oxygens (including phenoxy) is 1. The number of nitrogens with one attached hydrogen (secondary N) is 1. The quantitative estimate of drug-likeness (QED) is 0.546. The van der Waals surface area contributed by atoms with E-state index in [4.69, 9.17) is 4.74 Å². The van der Waals surface area contributed by atoms with Crippen molar-refractivity contribution in [3.8, 4) is 5.75 Å². The van der Waals surface area contributed by atoms with E-state index in [1.807, 2.05) is 38.1 Å². The zero-order valence-electron chi connectivity index (χ0n) is 15.2. The summed E-state index contributed by atoms with van der Waals surface area (Å²) in [6, 6.07) is 6.70. The van der Waals surface area contributed by atoms with Gasteiger partial charge in [-0.25, -0.2) is 9.69 Å². The van der Waals surface area contributed by atoms with Crippen molar-refractivity contribution >= 4 is 23.8 Å². The molecule has 1 aliphatic heterocycles. The van der Waals surface area contributed by atoms with Gasteiger partial charge >= 0.3 is 17.8 Å². The van der Waals surface area contributed by atoms with Gasteiger partial charge in [-0.15, -0.1) is 0 Å². The van der Waals surface area contributed by atoms with E-state index >= 15 is 0 Å². The lowest BCUT2D eigenvalue weighted by atomic mass is 10.1. The highest BCUT2D eigenvalue weighted by molar-refractivity contribution is 6.45. The van der Waals surface area contributed by atoms with Gasteiger partial charge in [0.25, 0.3) is 0 Å². The number of amides is 5. The molecule has 0 atom stereocenters. The summed E-state index contributed by atoms with van der Waals surface area (Å²) in [5.74, 6) is -1.54. The lowest BCUT2D eigenvalue weighted by molar-refractivity contribution is -0.144. The summed E-state index contributed by atoms with van der Waals surface area (Å²) < 4.78 is 5.08. The average molecular weight is 361 g/mol. The van der Waals surface area contributed by atoms with Gasteiger partial charge in [0, 0.05) is 13.1 Å². The molecule has 0 aromatic heterocycles. The number of benzene rings is 1. The number of carbonyl (C=O) groups is 4. The minimum absolute atomic E-state index is 0.0361. The van der Waals surface area contributed by atoms with E-state index in [1.54, 1.807) is 7.11 Å². The van der Waals surface area contributed by atoms with Gasteiger partial charge in [0.05, 0.1) is 7.11 Å². The van der Waals surface area contributed by atoms with Crippen LogP contribution in [0.5, 0.6) is 5.75 Å². The first-order chi connectivity index (χ1) is 12.3. The fraction of sp³-hybridized carbons (Fsp3) is 0.444. The molecule has 140 valence electrons. The maximum atomic E-state index is 12.2. The average Bonchev–Trinajstić information content (AvgIpc) is 2.80. The van der Waals surface area contributed by atoms with Crippen molar-refractivity contribution in [1.82, 2.24) is 15.1 Å². The van der Waals surface area contributed by atoms with Crippen LogP contribution in [-0.4, -0.2) is 60.3 Å². The van der Waals surface area contributed by atoms with Crippen molar-refractivity contribution in [2.75, 3.05) is 26.7 Å². The molecule has 1 aliphatic rings. The monoisotopic (exact) mass is 361 g/mol. The normalized spacial score (nSPS) is 14.4. The molecule has 8 heteroatoms. The van der Waals surface area contributed by atoms with Gasteiger partial charge in [0.15, 0.2) is 0 Å². The Balaban J connectivity index is 1.84. The van der Waals surface area contributed by atoms with E-state index in [1.165, 1.54) is 0 Å². The lowest BCUT2D eigenvalue weighted by Crippen LogP contribution is -2.42. The van der Waals surface area contributed by atoms with E-state index in [0.717, 1.165) is 16.2 Å². The Bertz CT molecular complexity index is 699. The maximum Gasteiger partial charge on any atom is 0.334 e. The van der Waals surface area contributed by atoms with Gasteiger partial charge in [-0.05, 0) is 30.0 Å². The molecule has 1 N–H and O–H groups in total. The Morgan fingerprint density at radius 1 is 1.08 bits per heavy atom. The minimum Gasteiger partial charge on any atom is -0.497 e. The Morgan fingerprint density at radius 3 is 2.27 bits per heavy atom. The van der Waals surface area contributed by atoms with Crippen molar-refractivity contribution in [2.24, 2.45) is 5.92 Å². The second-order valence-corrected chi connectivity index (χ2v) is 6.43. The molecule has 26 heavy (non-hydrogen) atoms. The van der Waals surface area contributed by atoms with Gasteiger partial charge in [0.2, 0.25) is 5.91 Å². The Hall–Kier alpha value is -2.90. The Labute approximate surface area is 152 Å². The third kappa shape index (κ3) is 4.59. The van der Waals surface area contributed by atoms with Gasteiger partial charge in [-0.3, -0.25) is 19.3 Å². The Kier molecular flexibility index (Phi) is 6.32. The molecule has 0 unspecified atom stereocenters. The summed E-state index contributed by atoms with van der Waals surface area (Å²) in [7, 11) is 1.59. The van der Waals surface area contributed by atoms with Crippen molar-refractivity contribution in [3.05, 3.63) is 29.8 Å². The SMILES string of the molecule is COc1ccc(CCNC(=O)CN2C(=O)C(=O)N(CC(C)C)C2=O)cc1. The summed E-state index contributed by atoms with van der Waals surface area (Å²) in [6.07, 6.45) is 0.593. The van der Waals surface area contributed by atoms with Crippen LogP contribution in [-0.2, 0) is 20.8 Å². The molecule has 0 aliphatic carbocycles. The molecule has 1 saturated heterocycles. The zero-order chi connectivity index (χ0) is 19.3. The predicted octanol–water partition coefficient (Wildman–Crippen LogP) is 0.801. The number of rotatable bonds is 8. The van der Waals surface area contributed by atoms with E-state index in [-0.39, 0.29) is 12.5 Å². The van der Waals surface area contributed by atoms with Crippen LogP contribution in [0.1, 0.15) is 19.4 Å². The van der Waals surface area contributed by atoms with Gasteiger partial charge in [-0.1, -0.05) is 26.0 Å². The summed E-state index contributed by atoms with van der Waals surface area (Å²) >= 11 is 0. The molecular weight excluding hydrogens is 338 g/mol. The van der Waals surface area contributed by atoms with Crippen LogP contribution in [0.2, 0.25) is 0 Å². The van der Waals surface area contributed by atoms with Crippen molar-refractivity contribution < 1.29 is 23.9 Å². The Morgan fingerprint density at radius 2 is 1.69 bits per heavy atom. The first-order valence-corrected chi connectivity index (χ1v) is 8.40. The molecule has 0 saturated carbocycles. The number of methoxy groups -OCH3 is 1. The highest BCUT2D eigenvalue weighted by atomic mass is 16.5. The second kappa shape index (κ2) is 8.46. The predicted molar refractivity (Wildman–Crippen MR) is 93.4 cm³/mol. The van der Waals surface area contributed by atoms with E-state index < -0.39 is 30.3 Å². The number of urea groups is 1. The lowest BCUT2D eigenvalue weighted by Gasteiger charge is -2.16. The molecule has 0 bridgehead atoms. The number of imide groups is 2. The molecule has 0 radical (unpaired) electrons. The molecule has 1 aromatic rings. The summed E-state index contributed by atoms with van der Waals surface area (Å²) in [6.45, 7) is 3.71. The van der Waals surface area contributed by atoms with Crippen LogP contribution in [0.25, 0.3) is 0 Å². The van der Waals surface area contributed by atoms with Crippen LogP contribution in [0.3, 0.4) is 0 Å². The zero-order valence-corrected chi connectivity index (χ0v) is 15.2.